The van der Waals surface area contributed by atoms with Crippen LogP contribution in [0.25, 0.3) is 0 Å². The lowest BCUT2D eigenvalue weighted by Gasteiger charge is -2.27. The Hall–Kier alpha value is -1.30. The van der Waals surface area contributed by atoms with Crippen LogP contribution in [0.2, 0.25) is 0 Å². The first-order valence-electron chi connectivity index (χ1n) is 3.67. The lowest BCUT2D eigenvalue weighted by atomic mass is 10.1. The van der Waals surface area contributed by atoms with E-state index >= 15 is 0 Å². The monoisotopic (exact) mass is 173 g/mol. The fourth-order valence-electron chi connectivity index (χ4n) is 1.15. The molecular weight excluding hydrogens is 162 g/mol. The predicted octanol–water partition coefficient (Wildman–Crippen LogP) is -0.881. The highest BCUT2D eigenvalue weighted by Gasteiger charge is 2.29. The van der Waals surface area contributed by atoms with Crippen LogP contribution >= 0.6 is 0 Å². The summed E-state index contributed by atoms with van der Waals surface area (Å²) < 4.78 is 0. The SMILES string of the molecule is NN(C(=O)O)[C@H]1CCCNC1=O. The number of hydrazine groups is 1. The Balaban J connectivity index is 2.59. The number of amides is 2. The highest BCUT2D eigenvalue weighted by atomic mass is 16.4. The van der Waals surface area contributed by atoms with Crippen molar-refractivity contribution in [3.05, 3.63) is 0 Å². The molecule has 0 aromatic heterocycles. The molecular formula is C6H11N3O3. The quantitative estimate of drug-likeness (QED) is 0.272. The van der Waals surface area contributed by atoms with Crippen LogP contribution in [0.5, 0.6) is 0 Å². The number of nitrogens with zero attached hydrogens (tertiary/aromatic N) is 1. The molecule has 12 heavy (non-hydrogen) atoms. The second kappa shape index (κ2) is 3.40. The summed E-state index contributed by atoms with van der Waals surface area (Å²) in [6.45, 7) is 0.600. The van der Waals surface area contributed by atoms with Crippen LogP contribution in [0, 0.1) is 0 Å². The van der Waals surface area contributed by atoms with Crippen LogP contribution in [0.4, 0.5) is 4.79 Å². The maximum absolute atomic E-state index is 11.0. The predicted molar refractivity (Wildman–Crippen MR) is 40.1 cm³/mol. The average Bonchev–Trinajstić information content (AvgIpc) is 2.04. The van der Waals surface area contributed by atoms with E-state index in [4.69, 9.17) is 10.9 Å². The first-order chi connectivity index (χ1) is 5.63. The molecule has 0 aromatic rings. The van der Waals surface area contributed by atoms with Gasteiger partial charge < -0.3 is 10.4 Å². The number of carbonyl (C=O) groups excluding carboxylic acids is 1. The Kier molecular flexibility index (Phi) is 2.49. The zero-order chi connectivity index (χ0) is 9.14. The number of carbonyl (C=O) groups is 2. The van der Waals surface area contributed by atoms with Gasteiger partial charge in [0.15, 0.2) is 0 Å². The largest absolute Gasteiger partial charge is 0.464 e. The van der Waals surface area contributed by atoms with E-state index in [-0.39, 0.29) is 5.91 Å². The fraction of sp³-hybridized carbons (Fsp3) is 0.667. The minimum Gasteiger partial charge on any atom is -0.464 e. The topological polar surface area (TPSA) is 95.7 Å². The number of rotatable bonds is 1. The molecule has 0 spiro atoms. The molecule has 1 fully saturated rings. The van der Waals surface area contributed by atoms with Crippen molar-refractivity contribution in [1.29, 1.82) is 0 Å². The number of piperidine rings is 1. The van der Waals surface area contributed by atoms with Crippen LogP contribution in [-0.2, 0) is 4.79 Å². The van der Waals surface area contributed by atoms with Gasteiger partial charge in [-0.2, -0.15) is 0 Å². The van der Waals surface area contributed by atoms with E-state index in [1.54, 1.807) is 0 Å². The van der Waals surface area contributed by atoms with Gasteiger partial charge in [-0.1, -0.05) is 0 Å². The molecule has 0 unspecified atom stereocenters. The molecule has 0 aromatic carbocycles. The van der Waals surface area contributed by atoms with Crippen molar-refractivity contribution >= 4 is 12.0 Å². The Morgan fingerprint density at radius 1 is 1.75 bits per heavy atom. The Labute approximate surface area is 69.3 Å². The Morgan fingerprint density at radius 2 is 2.42 bits per heavy atom. The highest BCUT2D eigenvalue weighted by Crippen LogP contribution is 2.07. The first kappa shape index (κ1) is 8.79. The minimum absolute atomic E-state index is 0.314. The molecule has 1 saturated heterocycles. The normalized spacial score (nSPS) is 23.1. The van der Waals surface area contributed by atoms with Gasteiger partial charge in [0.05, 0.1) is 0 Å². The summed E-state index contributed by atoms with van der Waals surface area (Å²) in [5.74, 6) is 4.84. The van der Waals surface area contributed by atoms with Crippen LogP contribution in [-0.4, -0.2) is 34.7 Å². The van der Waals surface area contributed by atoms with Gasteiger partial charge in [0, 0.05) is 6.54 Å². The number of nitrogens with two attached hydrogens (primary N) is 1. The maximum Gasteiger partial charge on any atom is 0.422 e. The third kappa shape index (κ3) is 1.65. The van der Waals surface area contributed by atoms with Crippen molar-refractivity contribution in [1.82, 2.24) is 10.3 Å². The number of carboxylic acid groups (broad SMARTS) is 1. The van der Waals surface area contributed by atoms with Gasteiger partial charge in [-0.25, -0.2) is 15.6 Å². The summed E-state index contributed by atoms with van der Waals surface area (Å²) in [6.07, 6.45) is -0.0245. The molecule has 0 aliphatic carbocycles. The second-order valence-corrected chi connectivity index (χ2v) is 2.64. The van der Waals surface area contributed by atoms with Crippen LogP contribution in [0.15, 0.2) is 0 Å². The minimum atomic E-state index is -1.28. The molecule has 0 bridgehead atoms. The standard InChI is InChI=1S/C6H11N3O3/c7-9(6(11)12)4-2-1-3-8-5(4)10/h4H,1-3,7H2,(H,8,10)(H,11,12)/t4-/m0/s1. The van der Waals surface area contributed by atoms with Crippen LogP contribution in [0.3, 0.4) is 0 Å². The van der Waals surface area contributed by atoms with Gasteiger partial charge in [-0.3, -0.25) is 4.79 Å². The van der Waals surface area contributed by atoms with E-state index in [0.717, 1.165) is 6.42 Å². The molecule has 1 atom stereocenters. The Morgan fingerprint density at radius 3 is 2.92 bits per heavy atom. The summed E-state index contributed by atoms with van der Waals surface area (Å²) in [5, 5.41) is 11.6. The van der Waals surface area contributed by atoms with Crippen LogP contribution in [0.1, 0.15) is 12.8 Å². The highest BCUT2D eigenvalue weighted by molar-refractivity contribution is 5.85. The van der Waals surface area contributed by atoms with Crippen molar-refractivity contribution < 1.29 is 14.7 Å². The van der Waals surface area contributed by atoms with Gasteiger partial charge in [0.1, 0.15) is 6.04 Å². The van der Waals surface area contributed by atoms with Crippen molar-refractivity contribution in [3.63, 3.8) is 0 Å². The maximum atomic E-state index is 11.0. The zero-order valence-electron chi connectivity index (χ0n) is 6.49. The molecule has 2 amide bonds. The molecule has 1 rings (SSSR count). The first-order valence-corrected chi connectivity index (χ1v) is 3.67. The molecule has 68 valence electrons. The lowest BCUT2D eigenvalue weighted by molar-refractivity contribution is -0.127. The molecule has 1 aliphatic rings. The average molecular weight is 173 g/mol. The third-order valence-electron chi connectivity index (χ3n) is 1.81. The smallest absolute Gasteiger partial charge is 0.422 e. The van der Waals surface area contributed by atoms with Gasteiger partial charge in [0.2, 0.25) is 5.91 Å². The molecule has 1 heterocycles. The summed E-state index contributed by atoms with van der Waals surface area (Å²) in [4.78, 5) is 21.4. The molecule has 6 nitrogen and oxygen atoms in total. The van der Waals surface area contributed by atoms with Crippen molar-refractivity contribution in [2.45, 2.75) is 18.9 Å². The molecule has 0 saturated carbocycles. The van der Waals surface area contributed by atoms with Gasteiger partial charge in [-0.15, -0.1) is 0 Å². The summed E-state index contributed by atoms with van der Waals surface area (Å²) in [6, 6.07) is -0.726. The number of hydrogen-bond donors (Lipinski definition) is 3. The van der Waals surface area contributed by atoms with Crippen molar-refractivity contribution in [2.24, 2.45) is 5.84 Å². The fourth-order valence-corrected chi connectivity index (χ4v) is 1.15. The third-order valence-corrected chi connectivity index (χ3v) is 1.81. The summed E-state index contributed by atoms with van der Waals surface area (Å²) in [5.41, 5.74) is 0. The van der Waals surface area contributed by atoms with E-state index < -0.39 is 12.1 Å². The van der Waals surface area contributed by atoms with Crippen molar-refractivity contribution in [3.8, 4) is 0 Å². The van der Waals surface area contributed by atoms with E-state index in [1.807, 2.05) is 0 Å². The van der Waals surface area contributed by atoms with Gasteiger partial charge in [0.25, 0.3) is 0 Å². The molecule has 0 radical (unpaired) electrons. The van der Waals surface area contributed by atoms with E-state index in [1.165, 1.54) is 0 Å². The molecule has 1 aliphatic heterocycles. The van der Waals surface area contributed by atoms with Gasteiger partial charge in [-0.05, 0) is 12.8 Å². The summed E-state index contributed by atoms with van der Waals surface area (Å²) in [7, 11) is 0. The van der Waals surface area contributed by atoms with E-state index in [0.29, 0.717) is 18.0 Å². The summed E-state index contributed by atoms with van der Waals surface area (Å²) >= 11 is 0. The molecule has 6 heteroatoms. The van der Waals surface area contributed by atoms with Crippen molar-refractivity contribution in [2.75, 3.05) is 6.54 Å². The second-order valence-electron chi connectivity index (χ2n) is 2.64. The lowest BCUT2D eigenvalue weighted by Crippen LogP contribution is -2.55. The Bertz CT molecular complexity index is 206. The van der Waals surface area contributed by atoms with Gasteiger partial charge >= 0.3 is 6.09 Å². The van der Waals surface area contributed by atoms with E-state index in [2.05, 4.69) is 5.32 Å². The zero-order valence-corrected chi connectivity index (χ0v) is 6.49. The molecule has 4 N–H and O–H groups in total. The van der Waals surface area contributed by atoms with E-state index in [9.17, 15) is 9.59 Å². The van der Waals surface area contributed by atoms with Crippen LogP contribution < -0.4 is 11.2 Å². The number of nitrogens with one attached hydrogen (secondary N) is 1. The number of hydrogen-bond acceptors (Lipinski definition) is 3.